The van der Waals surface area contributed by atoms with Crippen molar-refractivity contribution in [2.75, 3.05) is 19.6 Å². The molecule has 0 unspecified atom stereocenters. The highest BCUT2D eigenvalue weighted by Gasteiger charge is 1.97. The molecule has 0 saturated carbocycles. The smallest absolute Gasteiger partial charge is 0.0180 e. The van der Waals surface area contributed by atoms with Crippen LogP contribution in [0.25, 0.3) is 0 Å². The van der Waals surface area contributed by atoms with Gasteiger partial charge in [0.05, 0.1) is 0 Å². The molecule has 0 spiro atoms. The molecule has 11 heavy (non-hydrogen) atoms. The van der Waals surface area contributed by atoms with Crippen LogP contribution in [0.5, 0.6) is 0 Å². The molecule has 0 amide bonds. The second-order valence-corrected chi connectivity index (χ2v) is 2.73. The van der Waals surface area contributed by atoms with Crippen molar-refractivity contribution >= 4 is 0 Å². The minimum atomic E-state index is 0.998. The first-order valence-corrected chi connectivity index (χ1v) is 4.44. The lowest BCUT2D eigenvalue weighted by Gasteiger charge is -2.18. The van der Waals surface area contributed by atoms with Crippen LogP contribution in [0.2, 0.25) is 0 Å². The van der Waals surface area contributed by atoms with Gasteiger partial charge in [0.25, 0.3) is 0 Å². The number of nitrogens with zero attached hydrogens (tertiary/aromatic N) is 1. The van der Waals surface area contributed by atoms with E-state index < -0.39 is 0 Å². The lowest BCUT2D eigenvalue weighted by molar-refractivity contribution is 0.303. The van der Waals surface area contributed by atoms with Crippen LogP contribution in [0.3, 0.4) is 0 Å². The maximum atomic E-state index is 5.26. The lowest BCUT2D eigenvalue weighted by atomic mass is 10.3. The van der Waals surface area contributed by atoms with Crippen molar-refractivity contribution in [1.82, 2.24) is 4.90 Å². The first kappa shape index (κ1) is 10.5. The molecule has 0 atom stereocenters. The van der Waals surface area contributed by atoms with E-state index >= 15 is 0 Å². The van der Waals surface area contributed by atoms with Crippen molar-refractivity contribution in [1.29, 1.82) is 0 Å². The molecule has 2 N–H and O–H groups in total. The Morgan fingerprint density at radius 1 is 1.18 bits per heavy atom. The van der Waals surface area contributed by atoms with Gasteiger partial charge in [0.1, 0.15) is 0 Å². The molecule has 0 heterocycles. The first-order valence-electron chi connectivity index (χ1n) is 4.44. The van der Waals surface area contributed by atoms with Crippen LogP contribution in [-0.4, -0.2) is 24.5 Å². The first-order chi connectivity index (χ1) is 5.35. The highest BCUT2D eigenvalue weighted by Crippen LogP contribution is 1.93. The summed E-state index contributed by atoms with van der Waals surface area (Å²) in [6.07, 6.45) is 6.07. The van der Waals surface area contributed by atoms with Gasteiger partial charge in [0, 0.05) is 6.54 Å². The van der Waals surface area contributed by atoms with E-state index in [0.29, 0.717) is 0 Å². The molecule has 0 aromatic rings. The standard InChI is InChI=1S/C9H20N2/c1-3-7-11(8-4-2)9-5-6-10/h5-6H,3-4,7-10H2,1-2H3. The van der Waals surface area contributed by atoms with Crippen molar-refractivity contribution < 1.29 is 0 Å². The van der Waals surface area contributed by atoms with Crippen molar-refractivity contribution in [3.63, 3.8) is 0 Å². The van der Waals surface area contributed by atoms with Crippen molar-refractivity contribution in [3.8, 4) is 0 Å². The highest BCUT2D eigenvalue weighted by molar-refractivity contribution is 4.79. The fourth-order valence-corrected chi connectivity index (χ4v) is 1.14. The van der Waals surface area contributed by atoms with Gasteiger partial charge in [-0.05, 0) is 32.1 Å². The topological polar surface area (TPSA) is 29.3 Å². The fourth-order valence-electron chi connectivity index (χ4n) is 1.14. The summed E-state index contributed by atoms with van der Waals surface area (Å²) in [6, 6.07) is 0. The fraction of sp³-hybridized carbons (Fsp3) is 0.778. The summed E-state index contributed by atoms with van der Waals surface area (Å²) >= 11 is 0. The molecule has 0 aliphatic rings. The quantitative estimate of drug-likeness (QED) is 0.632. The van der Waals surface area contributed by atoms with Crippen molar-refractivity contribution in [3.05, 3.63) is 12.3 Å². The van der Waals surface area contributed by atoms with Gasteiger partial charge in [0.2, 0.25) is 0 Å². The molecular formula is C9H20N2. The number of hydrogen-bond donors (Lipinski definition) is 1. The Balaban J connectivity index is 3.50. The Hall–Kier alpha value is -0.500. The van der Waals surface area contributed by atoms with E-state index in [-0.39, 0.29) is 0 Å². The minimum absolute atomic E-state index is 0.998. The van der Waals surface area contributed by atoms with Gasteiger partial charge in [-0.25, -0.2) is 0 Å². The molecule has 0 aliphatic carbocycles. The number of rotatable bonds is 6. The van der Waals surface area contributed by atoms with Gasteiger partial charge >= 0.3 is 0 Å². The Bertz CT molecular complexity index is 93.7. The van der Waals surface area contributed by atoms with Crippen molar-refractivity contribution in [2.45, 2.75) is 26.7 Å². The highest BCUT2D eigenvalue weighted by atomic mass is 15.1. The summed E-state index contributed by atoms with van der Waals surface area (Å²) in [5, 5.41) is 0. The minimum Gasteiger partial charge on any atom is -0.405 e. The molecule has 66 valence electrons. The van der Waals surface area contributed by atoms with Crippen LogP contribution in [0, 0.1) is 0 Å². The predicted octanol–water partition coefficient (Wildman–Crippen LogP) is 1.58. The molecule has 0 aromatic heterocycles. The van der Waals surface area contributed by atoms with Gasteiger partial charge in [-0.1, -0.05) is 19.9 Å². The SMILES string of the molecule is CCCN(CC=CN)CCC. The molecule has 0 aliphatic heterocycles. The van der Waals surface area contributed by atoms with E-state index in [4.69, 9.17) is 5.73 Å². The molecule has 0 aromatic carbocycles. The summed E-state index contributed by atoms with van der Waals surface area (Å²) in [5.74, 6) is 0. The third-order valence-corrected chi connectivity index (χ3v) is 1.58. The molecule has 0 rings (SSSR count). The number of nitrogens with two attached hydrogens (primary N) is 1. The maximum absolute atomic E-state index is 5.26. The van der Waals surface area contributed by atoms with Gasteiger partial charge in [-0.2, -0.15) is 0 Å². The molecule has 0 fully saturated rings. The molecule has 2 heteroatoms. The Labute approximate surface area is 70.1 Å². The van der Waals surface area contributed by atoms with E-state index in [2.05, 4.69) is 18.7 Å². The number of hydrogen-bond acceptors (Lipinski definition) is 2. The lowest BCUT2D eigenvalue weighted by Crippen LogP contribution is -2.25. The van der Waals surface area contributed by atoms with E-state index in [1.807, 2.05) is 6.08 Å². The average Bonchev–Trinajstić information content (AvgIpc) is 2.01. The van der Waals surface area contributed by atoms with E-state index in [1.54, 1.807) is 6.20 Å². The zero-order chi connectivity index (χ0) is 8.53. The van der Waals surface area contributed by atoms with Crippen LogP contribution in [0.4, 0.5) is 0 Å². The van der Waals surface area contributed by atoms with Crippen LogP contribution in [0.1, 0.15) is 26.7 Å². The average molecular weight is 156 g/mol. The Kier molecular flexibility index (Phi) is 7.26. The molecule has 2 nitrogen and oxygen atoms in total. The van der Waals surface area contributed by atoms with E-state index in [9.17, 15) is 0 Å². The van der Waals surface area contributed by atoms with Crippen LogP contribution in [0.15, 0.2) is 12.3 Å². The third-order valence-electron chi connectivity index (χ3n) is 1.58. The summed E-state index contributed by atoms with van der Waals surface area (Å²) in [6.45, 7) is 7.76. The van der Waals surface area contributed by atoms with E-state index in [0.717, 1.165) is 6.54 Å². The summed E-state index contributed by atoms with van der Waals surface area (Å²) in [4.78, 5) is 2.41. The summed E-state index contributed by atoms with van der Waals surface area (Å²) < 4.78 is 0. The van der Waals surface area contributed by atoms with Crippen LogP contribution < -0.4 is 5.73 Å². The molecule has 0 saturated heterocycles. The largest absolute Gasteiger partial charge is 0.405 e. The monoisotopic (exact) mass is 156 g/mol. The van der Waals surface area contributed by atoms with Crippen LogP contribution in [-0.2, 0) is 0 Å². The van der Waals surface area contributed by atoms with Crippen LogP contribution >= 0.6 is 0 Å². The second-order valence-electron chi connectivity index (χ2n) is 2.73. The van der Waals surface area contributed by atoms with E-state index in [1.165, 1.54) is 25.9 Å². The summed E-state index contributed by atoms with van der Waals surface area (Å²) in [7, 11) is 0. The third kappa shape index (κ3) is 5.92. The Morgan fingerprint density at radius 2 is 1.73 bits per heavy atom. The Morgan fingerprint density at radius 3 is 2.09 bits per heavy atom. The maximum Gasteiger partial charge on any atom is 0.0180 e. The molecule has 0 radical (unpaired) electrons. The van der Waals surface area contributed by atoms with Gasteiger partial charge in [-0.15, -0.1) is 0 Å². The zero-order valence-electron chi connectivity index (χ0n) is 7.71. The summed E-state index contributed by atoms with van der Waals surface area (Å²) in [5.41, 5.74) is 5.26. The molecular weight excluding hydrogens is 136 g/mol. The van der Waals surface area contributed by atoms with Gasteiger partial charge in [-0.3, -0.25) is 4.90 Å². The van der Waals surface area contributed by atoms with Crippen molar-refractivity contribution in [2.24, 2.45) is 5.73 Å². The second kappa shape index (κ2) is 7.61. The normalized spacial score (nSPS) is 11.5. The molecule has 0 bridgehead atoms. The van der Waals surface area contributed by atoms with Gasteiger partial charge < -0.3 is 5.73 Å². The predicted molar refractivity (Wildman–Crippen MR) is 50.3 cm³/mol. The zero-order valence-corrected chi connectivity index (χ0v) is 7.71. The van der Waals surface area contributed by atoms with Gasteiger partial charge in [0.15, 0.2) is 0 Å².